The van der Waals surface area contributed by atoms with Gasteiger partial charge in [-0.05, 0) is 19.1 Å². The Kier molecular flexibility index (Phi) is 4.89. The van der Waals surface area contributed by atoms with Crippen LogP contribution in [0.1, 0.15) is 25.7 Å². The van der Waals surface area contributed by atoms with E-state index in [2.05, 4.69) is 11.6 Å². The van der Waals surface area contributed by atoms with E-state index in [-0.39, 0.29) is 6.42 Å². The van der Waals surface area contributed by atoms with Crippen molar-refractivity contribution < 1.29 is 15.0 Å². The molecule has 3 N–H and O–H groups in total. The van der Waals surface area contributed by atoms with E-state index < -0.39 is 12.1 Å². The first-order valence-corrected chi connectivity index (χ1v) is 6.46. The van der Waals surface area contributed by atoms with Crippen LogP contribution in [0.2, 0.25) is 0 Å². The molecule has 1 saturated carbocycles. The Morgan fingerprint density at radius 2 is 2.27 bits per heavy atom. The Labute approximate surface area is 94.4 Å². The Balaban J connectivity index is 2.12. The highest BCUT2D eigenvalue weighted by atomic mass is 32.2. The summed E-state index contributed by atoms with van der Waals surface area (Å²) in [4.78, 5) is 10.3. The Bertz CT molecular complexity index is 213. The van der Waals surface area contributed by atoms with E-state index in [1.165, 1.54) is 19.3 Å². The van der Waals surface area contributed by atoms with Crippen LogP contribution in [0.4, 0.5) is 0 Å². The molecule has 1 atom stereocenters. The molecule has 5 heteroatoms. The third-order valence-electron chi connectivity index (χ3n) is 2.94. The predicted molar refractivity (Wildman–Crippen MR) is 61.2 cm³/mol. The average Bonchev–Trinajstić information content (AvgIpc) is 2.08. The SMILES string of the molecule is CSC1(CNCC(O)CC(=O)O)CCC1. The van der Waals surface area contributed by atoms with Crippen molar-refractivity contribution in [2.24, 2.45) is 0 Å². The van der Waals surface area contributed by atoms with Crippen molar-refractivity contribution in [1.82, 2.24) is 5.32 Å². The maximum atomic E-state index is 10.3. The molecule has 0 aromatic carbocycles. The van der Waals surface area contributed by atoms with Crippen LogP contribution in [0, 0.1) is 0 Å². The van der Waals surface area contributed by atoms with Crippen molar-refractivity contribution >= 4 is 17.7 Å². The van der Waals surface area contributed by atoms with Crippen LogP contribution in [-0.4, -0.2) is 46.4 Å². The van der Waals surface area contributed by atoms with Crippen LogP contribution in [0.3, 0.4) is 0 Å². The van der Waals surface area contributed by atoms with E-state index in [1.54, 1.807) is 0 Å². The number of carbonyl (C=O) groups is 1. The number of aliphatic hydroxyl groups is 1. The van der Waals surface area contributed by atoms with Crippen LogP contribution >= 0.6 is 11.8 Å². The summed E-state index contributed by atoms with van der Waals surface area (Å²) < 4.78 is 0.336. The molecule has 15 heavy (non-hydrogen) atoms. The summed E-state index contributed by atoms with van der Waals surface area (Å²) in [5, 5.41) is 20.9. The highest BCUT2D eigenvalue weighted by Crippen LogP contribution is 2.42. The molecule has 1 rings (SSSR count). The molecule has 0 aromatic heterocycles. The lowest BCUT2D eigenvalue weighted by atomic mass is 9.84. The minimum atomic E-state index is -0.951. The largest absolute Gasteiger partial charge is 0.481 e. The van der Waals surface area contributed by atoms with Crippen molar-refractivity contribution in [1.29, 1.82) is 0 Å². The smallest absolute Gasteiger partial charge is 0.306 e. The van der Waals surface area contributed by atoms with E-state index in [4.69, 9.17) is 5.11 Å². The van der Waals surface area contributed by atoms with Crippen molar-refractivity contribution in [3.8, 4) is 0 Å². The second-order valence-corrected chi connectivity index (χ2v) is 5.40. The molecule has 0 aromatic rings. The molecule has 0 amide bonds. The molecular weight excluding hydrogens is 214 g/mol. The Hall–Kier alpha value is -0.260. The summed E-state index contributed by atoms with van der Waals surface area (Å²) in [6.07, 6.45) is 4.86. The lowest BCUT2D eigenvalue weighted by Gasteiger charge is -2.40. The van der Waals surface area contributed by atoms with Gasteiger partial charge in [0, 0.05) is 17.8 Å². The fourth-order valence-corrected chi connectivity index (χ4v) is 2.71. The molecule has 0 aliphatic heterocycles. The Morgan fingerprint density at radius 1 is 1.60 bits per heavy atom. The standard InChI is InChI=1S/C10H19NO3S/c1-15-10(3-2-4-10)7-11-6-8(12)5-9(13)14/h8,11-12H,2-7H2,1H3,(H,13,14). The third kappa shape index (κ3) is 4.01. The molecular formula is C10H19NO3S. The normalized spacial score (nSPS) is 20.7. The van der Waals surface area contributed by atoms with Gasteiger partial charge >= 0.3 is 5.97 Å². The van der Waals surface area contributed by atoms with E-state index >= 15 is 0 Å². The van der Waals surface area contributed by atoms with Gasteiger partial charge in [0.1, 0.15) is 0 Å². The number of carboxylic acid groups (broad SMARTS) is 1. The first-order chi connectivity index (χ1) is 7.08. The summed E-state index contributed by atoms with van der Waals surface area (Å²) in [6, 6.07) is 0. The molecule has 1 fully saturated rings. The maximum Gasteiger partial charge on any atom is 0.306 e. The second kappa shape index (κ2) is 5.72. The highest BCUT2D eigenvalue weighted by Gasteiger charge is 2.35. The maximum absolute atomic E-state index is 10.3. The van der Waals surface area contributed by atoms with Crippen molar-refractivity contribution in [3.05, 3.63) is 0 Å². The van der Waals surface area contributed by atoms with Crippen molar-refractivity contribution in [2.45, 2.75) is 36.5 Å². The van der Waals surface area contributed by atoms with Crippen LogP contribution in [0.15, 0.2) is 0 Å². The molecule has 88 valence electrons. The Morgan fingerprint density at radius 3 is 2.67 bits per heavy atom. The van der Waals surface area contributed by atoms with E-state index in [9.17, 15) is 9.90 Å². The van der Waals surface area contributed by atoms with Gasteiger partial charge in [-0.1, -0.05) is 6.42 Å². The summed E-state index contributed by atoms with van der Waals surface area (Å²) in [5.41, 5.74) is 0. The molecule has 0 saturated heterocycles. The van der Waals surface area contributed by atoms with E-state index in [0.717, 1.165) is 6.54 Å². The van der Waals surface area contributed by atoms with E-state index in [0.29, 0.717) is 11.3 Å². The van der Waals surface area contributed by atoms with Gasteiger partial charge < -0.3 is 15.5 Å². The molecule has 0 spiro atoms. The van der Waals surface area contributed by atoms with Gasteiger partial charge in [0.05, 0.1) is 12.5 Å². The number of aliphatic hydroxyl groups excluding tert-OH is 1. The molecule has 1 aliphatic rings. The fraction of sp³-hybridized carbons (Fsp3) is 0.900. The number of rotatable bonds is 7. The zero-order chi connectivity index (χ0) is 11.3. The number of nitrogens with one attached hydrogen (secondary N) is 1. The number of carboxylic acids is 1. The second-order valence-electron chi connectivity index (χ2n) is 4.12. The summed E-state index contributed by atoms with van der Waals surface area (Å²) in [7, 11) is 0. The van der Waals surface area contributed by atoms with Gasteiger partial charge in [-0.3, -0.25) is 4.79 Å². The lowest BCUT2D eigenvalue weighted by Crippen LogP contribution is -2.45. The predicted octanol–water partition coefficient (Wildman–Crippen LogP) is 0.697. The summed E-state index contributed by atoms with van der Waals surface area (Å²) >= 11 is 1.86. The monoisotopic (exact) mass is 233 g/mol. The van der Waals surface area contributed by atoms with Gasteiger partial charge in [-0.2, -0.15) is 11.8 Å². The molecule has 0 radical (unpaired) electrons. The van der Waals surface area contributed by atoms with Gasteiger partial charge in [0.2, 0.25) is 0 Å². The van der Waals surface area contributed by atoms with Crippen LogP contribution < -0.4 is 5.32 Å². The van der Waals surface area contributed by atoms with Crippen LogP contribution in [0.5, 0.6) is 0 Å². The quantitative estimate of drug-likeness (QED) is 0.604. The number of hydrogen-bond acceptors (Lipinski definition) is 4. The zero-order valence-corrected chi connectivity index (χ0v) is 9.85. The molecule has 0 heterocycles. The average molecular weight is 233 g/mol. The minimum Gasteiger partial charge on any atom is -0.481 e. The summed E-state index contributed by atoms with van der Waals surface area (Å²) in [5.74, 6) is -0.951. The molecule has 1 unspecified atom stereocenters. The van der Waals surface area contributed by atoms with E-state index in [1.807, 2.05) is 11.8 Å². The number of thioether (sulfide) groups is 1. The third-order valence-corrected chi connectivity index (χ3v) is 4.35. The van der Waals surface area contributed by atoms with Gasteiger partial charge in [0.15, 0.2) is 0 Å². The van der Waals surface area contributed by atoms with Gasteiger partial charge in [-0.25, -0.2) is 0 Å². The number of aliphatic carboxylic acids is 1. The topological polar surface area (TPSA) is 69.6 Å². The van der Waals surface area contributed by atoms with Crippen molar-refractivity contribution in [2.75, 3.05) is 19.3 Å². The van der Waals surface area contributed by atoms with Crippen molar-refractivity contribution in [3.63, 3.8) is 0 Å². The lowest BCUT2D eigenvalue weighted by molar-refractivity contribution is -0.139. The highest BCUT2D eigenvalue weighted by molar-refractivity contribution is 8.00. The first-order valence-electron chi connectivity index (χ1n) is 5.24. The zero-order valence-electron chi connectivity index (χ0n) is 9.03. The number of hydrogen-bond donors (Lipinski definition) is 3. The molecule has 0 bridgehead atoms. The fourth-order valence-electron chi connectivity index (χ4n) is 1.76. The molecule has 4 nitrogen and oxygen atoms in total. The molecule has 1 aliphatic carbocycles. The van der Waals surface area contributed by atoms with Gasteiger partial charge in [-0.15, -0.1) is 0 Å². The minimum absolute atomic E-state index is 0.181. The first kappa shape index (κ1) is 12.8. The summed E-state index contributed by atoms with van der Waals surface area (Å²) in [6.45, 7) is 1.24. The van der Waals surface area contributed by atoms with Gasteiger partial charge in [0.25, 0.3) is 0 Å². The van der Waals surface area contributed by atoms with Crippen LogP contribution in [0.25, 0.3) is 0 Å². The van der Waals surface area contributed by atoms with Crippen LogP contribution in [-0.2, 0) is 4.79 Å².